The minimum atomic E-state index is 0.588. The van der Waals surface area contributed by atoms with E-state index in [-0.39, 0.29) is 0 Å². The summed E-state index contributed by atoms with van der Waals surface area (Å²) in [4.78, 5) is 4.37. The van der Waals surface area contributed by atoms with Gasteiger partial charge in [-0.15, -0.1) is 16.4 Å². The molecule has 8 heteroatoms. The van der Waals surface area contributed by atoms with E-state index >= 15 is 0 Å². The van der Waals surface area contributed by atoms with Crippen molar-refractivity contribution in [1.29, 1.82) is 0 Å². The topological polar surface area (TPSA) is 62.8 Å². The maximum Gasteiger partial charge on any atom is 0.223 e. The van der Waals surface area contributed by atoms with Gasteiger partial charge in [0.1, 0.15) is 5.75 Å². The smallest absolute Gasteiger partial charge is 0.223 e. The van der Waals surface area contributed by atoms with Gasteiger partial charge < -0.3 is 10.1 Å². The molecule has 0 amide bonds. The predicted octanol–water partition coefficient (Wildman–Crippen LogP) is 4.42. The van der Waals surface area contributed by atoms with E-state index in [4.69, 9.17) is 16.3 Å². The molecule has 0 saturated heterocycles. The van der Waals surface area contributed by atoms with Crippen LogP contribution in [0.15, 0.2) is 45.8 Å². The lowest BCUT2D eigenvalue weighted by Gasteiger charge is -2.03. The maximum atomic E-state index is 5.90. The van der Waals surface area contributed by atoms with Gasteiger partial charge in [0.05, 0.1) is 15.7 Å². The highest BCUT2D eigenvalue weighted by Crippen LogP contribution is 2.34. The van der Waals surface area contributed by atoms with Gasteiger partial charge in [-0.25, -0.2) is 5.10 Å². The van der Waals surface area contributed by atoms with Gasteiger partial charge in [0.2, 0.25) is 11.1 Å². The molecule has 0 aliphatic carbocycles. The van der Waals surface area contributed by atoms with Crippen molar-refractivity contribution >= 4 is 46.3 Å². The molecule has 1 aromatic carbocycles. The predicted molar refractivity (Wildman–Crippen MR) is 86.1 cm³/mol. The first-order valence-corrected chi connectivity index (χ1v) is 8.01. The van der Waals surface area contributed by atoms with E-state index in [0.717, 1.165) is 20.0 Å². The molecule has 3 rings (SSSR count). The molecule has 2 heterocycles. The lowest BCUT2D eigenvalue weighted by atomic mass is 10.3. The van der Waals surface area contributed by atoms with E-state index < -0.39 is 0 Å². The van der Waals surface area contributed by atoms with Crippen LogP contribution in [0.4, 0.5) is 11.6 Å². The number of methoxy groups -OCH3 is 1. The average molecular weight is 339 g/mol. The zero-order valence-electron chi connectivity index (χ0n) is 11.0. The molecule has 0 spiro atoms. The molecule has 0 aliphatic heterocycles. The zero-order chi connectivity index (χ0) is 14.7. The Morgan fingerprint density at radius 3 is 2.71 bits per heavy atom. The maximum absolute atomic E-state index is 5.90. The summed E-state index contributed by atoms with van der Waals surface area (Å²) in [5.41, 5.74) is 0.905. The number of aromatic nitrogens is 3. The zero-order valence-corrected chi connectivity index (χ0v) is 13.4. The molecule has 5 nitrogen and oxygen atoms in total. The Kier molecular flexibility index (Phi) is 4.33. The van der Waals surface area contributed by atoms with Gasteiger partial charge in [0.25, 0.3) is 0 Å². The normalized spacial score (nSPS) is 10.6. The lowest BCUT2D eigenvalue weighted by Crippen LogP contribution is -1.92. The van der Waals surface area contributed by atoms with Crippen molar-refractivity contribution in [3.63, 3.8) is 0 Å². The van der Waals surface area contributed by atoms with Crippen LogP contribution in [-0.4, -0.2) is 22.3 Å². The summed E-state index contributed by atoms with van der Waals surface area (Å²) in [5.74, 6) is 1.40. The molecule has 2 aromatic heterocycles. The summed E-state index contributed by atoms with van der Waals surface area (Å²) in [7, 11) is 1.64. The van der Waals surface area contributed by atoms with Gasteiger partial charge in [-0.1, -0.05) is 11.6 Å². The Labute approximate surface area is 134 Å². The number of anilines is 2. The molecule has 108 valence electrons. The second-order valence-electron chi connectivity index (χ2n) is 3.98. The first-order valence-electron chi connectivity index (χ1n) is 5.99. The Morgan fingerprint density at radius 2 is 2.05 bits per heavy atom. The fraction of sp³-hybridized carbons (Fsp3) is 0.0769. The van der Waals surface area contributed by atoms with Crippen LogP contribution in [0.5, 0.6) is 5.75 Å². The van der Waals surface area contributed by atoms with E-state index in [9.17, 15) is 0 Å². The molecular weight excluding hydrogens is 328 g/mol. The van der Waals surface area contributed by atoms with Crippen LogP contribution in [0.3, 0.4) is 0 Å². The van der Waals surface area contributed by atoms with Crippen molar-refractivity contribution in [2.75, 3.05) is 12.4 Å². The van der Waals surface area contributed by atoms with Crippen LogP contribution in [0.25, 0.3) is 0 Å². The molecular formula is C13H11ClN4OS2. The minimum Gasteiger partial charge on any atom is -0.497 e. The number of hydrogen-bond acceptors (Lipinski definition) is 6. The second-order valence-corrected chi connectivity index (χ2v) is 6.96. The van der Waals surface area contributed by atoms with Gasteiger partial charge in [-0.2, -0.15) is 4.98 Å². The van der Waals surface area contributed by atoms with Crippen molar-refractivity contribution in [3.05, 3.63) is 40.7 Å². The van der Waals surface area contributed by atoms with Crippen molar-refractivity contribution in [2.45, 2.75) is 9.37 Å². The number of aromatic amines is 1. The minimum absolute atomic E-state index is 0.588. The Bertz CT molecular complexity index is 726. The van der Waals surface area contributed by atoms with Crippen LogP contribution in [-0.2, 0) is 0 Å². The molecule has 0 fully saturated rings. The number of rotatable bonds is 5. The Balaban J connectivity index is 1.66. The summed E-state index contributed by atoms with van der Waals surface area (Å²) in [5, 5.41) is 10.8. The molecule has 3 aromatic rings. The van der Waals surface area contributed by atoms with Crippen LogP contribution < -0.4 is 10.1 Å². The fourth-order valence-electron chi connectivity index (χ4n) is 1.60. The summed E-state index contributed by atoms with van der Waals surface area (Å²) in [6.45, 7) is 0. The third-order valence-corrected chi connectivity index (χ3v) is 4.79. The van der Waals surface area contributed by atoms with Crippen molar-refractivity contribution in [1.82, 2.24) is 15.2 Å². The second kappa shape index (κ2) is 6.38. The number of H-pyrrole nitrogens is 1. The number of ether oxygens (including phenoxy) is 1. The van der Waals surface area contributed by atoms with Gasteiger partial charge in [-0.3, -0.25) is 0 Å². The molecule has 0 bridgehead atoms. The SMILES string of the molecule is COc1ccc(Nc2nc(Sc3ccc(Cl)s3)n[nH]2)cc1. The summed E-state index contributed by atoms with van der Waals surface area (Å²) in [6.07, 6.45) is 0. The highest BCUT2D eigenvalue weighted by molar-refractivity contribution is 8.01. The van der Waals surface area contributed by atoms with Crippen LogP contribution in [0.1, 0.15) is 0 Å². The summed E-state index contributed by atoms with van der Waals surface area (Å²) in [6, 6.07) is 11.4. The molecule has 21 heavy (non-hydrogen) atoms. The highest BCUT2D eigenvalue weighted by Gasteiger charge is 2.07. The van der Waals surface area contributed by atoms with Gasteiger partial charge in [-0.05, 0) is 48.2 Å². The van der Waals surface area contributed by atoms with Gasteiger partial charge >= 0.3 is 0 Å². The highest BCUT2D eigenvalue weighted by atomic mass is 35.5. The molecule has 2 N–H and O–H groups in total. The van der Waals surface area contributed by atoms with Crippen LogP contribution in [0.2, 0.25) is 4.34 Å². The van der Waals surface area contributed by atoms with E-state index in [1.165, 1.54) is 23.1 Å². The summed E-state index contributed by atoms with van der Waals surface area (Å²) < 4.78 is 6.92. The molecule has 0 aliphatic rings. The Morgan fingerprint density at radius 1 is 1.24 bits per heavy atom. The van der Waals surface area contributed by atoms with E-state index in [0.29, 0.717) is 11.1 Å². The number of hydrogen-bond donors (Lipinski definition) is 2. The Hall–Kier alpha value is -1.70. The van der Waals surface area contributed by atoms with Crippen molar-refractivity contribution in [3.8, 4) is 5.75 Å². The van der Waals surface area contributed by atoms with Crippen LogP contribution in [0, 0.1) is 0 Å². The quantitative estimate of drug-likeness (QED) is 0.720. The molecule has 0 saturated carbocycles. The van der Waals surface area contributed by atoms with Crippen molar-refractivity contribution in [2.24, 2.45) is 0 Å². The van der Waals surface area contributed by atoms with Crippen molar-refractivity contribution < 1.29 is 4.74 Å². The molecule has 0 unspecified atom stereocenters. The first kappa shape index (κ1) is 14.2. The van der Waals surface area contributed by atoms with Crippen LogP contribution >= 0.6 is 34.7 Å². The number of nitrogens with one attached hydrogen (secondary N) is 2. The number of benzene rings is 1. The van der Waals surface area contributed by atoms with E-state index in [2.05, 4.69) is 20.5 Å². The van der Waals surface area contributed by atoms with Gasteiger partial charge in [0, 0.05) is 5.69 Å². The molecule has 0 atom stereocenters. The number of nitrogens with zero attached hydrogens (tertiary/aromatic N) is 2. The lowest BCUT2D eigenvalue weighted by molar-refractivity contribution is 0.415. The van der Waals surface area contributed by atoms with E-state index in [1.54, 1.807) is 7.11 Å². The van der Waals surface area contributed by atoms with E-state index in [1.807, 2.05) is 36.4 Å². The third kappa shape index (κ3) is 3.69. The monoisotopic (exact) mass is 338 g/mol. The van der Waals surface area contributed by atoms with Gasteiger partial charge in [0.15, 0.2) is 0 Å². The fourth-order valence-corrected chi connectivity index (χ4v) is 3.72. The number of halogens is 1. The summed E-state index contributed by atoms with van der Waals surface area (Å²) >= 11 is 8.86. The largest absolute Gasteiger partial charge is 0.497 e. The molecule has 0 radical (unpaired) electrons. The number of thiophene rings is 1. The standard InChI is InChI=1S/C13H11ClN4OS2/c1-19-9-4-2-8(3-5-9)15-12-16-13(18-17-12)21-11-7-6-10(14)20-11/h2-7H,1H3,(H2,15,16,17,18). The average Bonchev–Trinajstić information content (AvgIpc) is 3.09. The first-order chi connectivity index (χ1) is 10.2. The third-order valence-electron chi connectivity index (χ3n) is 2.56.